The SMILES string of the molecule is Cc1snc(-c2ccccc2Cl)c1C(=O)NC1C(=O)N2C1SC(C)(C)C2C(=O)O. The van der Waals surface area contributed by atoms with E-state index in [4.69, 9.17) is 11.6 Å². The lowest BCUT2D eigenvalue weighted by Gasteiger charge is -2.43. The molecule has 7 nitrogen and oxygen atoms in total. The van der Waals surface area contributed by atoms with E-state index in [9.17, 15) is 19.5 Å². The molecule has 0 bridgehead atoms. The summed E-state index contributed by atoms with van der Waals surface area (Å²) < 4.78 is 3.74. The number of aromatic nitrogens is 1. The molecule has 4 rings (SSSR count). The van der Waals surface area contributed by atoms with Crippen LogP contribution in [0, 0.1) is 6.92 Å². The molecule has 10 heteroatoms. The molecule has 1 aromatic heterocycles. The molecule has 2 fully saturated rings. The van der Waals surface area contributed by atoms with E-state index in [1.165, 1.54) is 28.2 Å². The van der Waals surface area contributed by atoms with E-state index in [2.05, 4.69) is 9.69 Å². The summed E-state index contributed by atoms with van der Waals surface area (Å²) in [6.07, 6.45) is 0. The third-order valence-electron chi connectivity index (χ3n) is 5.18. The fourth-order valence-corrected chi connectivity index (χ4v) is 6.38. The van der Waals surface area contributed by atoms with E-state index in [-0.39, 0.29) is 5.91 Å². The first-order chi connectivity index (χ1) is 13.6. The van der Waals surface area contributed by atoms with Crippen molar-refractivity contribution < 1.29 is 19.5 Å². The number of nitrogens with zero attached hydrogens (tertiary/aromatic N) is 2. The second kappa shape index (κ2) is 7.00. The number of β-lactam (4-membered cyclic amide) rings is 1. The Bertz CT molecular complexity index is 1040. The number of aryl methyl sites for hydroxylation is 1. The number of fused-ring (bicyclic) bond motifs is 1. The molecular formula is C19H18ClN3O4S2. The first kappa shape index (κ1) is 20.2. The first-order valence-corrected chi connectivity index (χ1v) is 10.9. The van der Waals surface area contributed by atoms with Crippen LogP contribution in [0.15, 0.2) is 24.3 Å². The first-order valence-electron chi connectivity index (χ1n) is 8.88. The predicted molar refractivity (Wildman–Crippen MR) is 112 cm³/mol. The maximum absolute atomic E-state index is 13.1. The lowest BCUT2D eigenvalue weighted by atomic mass is 9.95. The molecule has 0 aliphatic carbocycles. The molecule has 2 aliphatic rings. The number of aliphatic carboxylic acids is 1. The number of thioether (sulfide) groups is 1. The number of amides is 2. The summed E-state index contributed by atoms with van der Waals surface area (Å²) in [6.45, 7) is 5.38. The van der Waals surface area contributed by atoms with Crippen LogP contribution in [0.25, 0.3) is 11.3 Å². The summed E-state index contributed by atoms with van der Waals surface area (Å²) in [5.41, 5.74) is 1.50. The highest BCUT2D eigenvalue weighted by Gasteiger charge is 2.64. The van der Waals surface area contributed by atoms with Crippen LogP contribution >= 0.6 is 34.9 Å². The molecular weight excluding hydrogens is 434 g/mol. The Morgan fingerprint density at radius 3 is 2.66 bits per heavy atom. The van der Waals surface area contributed by atoms with Crippen molar-refractivity contribution in [3.8, 4) is 11.3 Å². The van der Waals surface area contributed by atoms with E-state index in [0.717, 1.165) is 0 Å². The van der Waals surface area contributed by atoms with Crippen molar-refractivity contribution in [3.05, 3.63) is 39.7 Å². The van der Waals surface area contributed by atoms with Gasteiger partial charge in [-0.15, -0.1) is 11.8 Å². The molecule has 152 valence electrons. The van der Waals surface area contributed by atoms with Gasteiger partial charge in [0.15, 0.2) is 0 Å². The minimum absolute atomic E-state index is 0.381. The minimum Gasteiger partial charge on any atom is -0.480 e. The van der Waals surface area contributed by atoms with Gasteiger partial charge in [-0.2, -0.15) is 4.37 Å². The number of carboxylic acids is 1. The van der Waals surface area contributed by atoms with Crippen molar-refractivity contribution in [2.75, 3.05) is 0 Å². The molecule has 1 aromatic carbocycles. The van der Waals surface area contributed by atoms with Crippen LogP contribution in [0.3, 0.4) is 0 Å². The standard InChI is InChI=1S/C19H18ClN3O4S2/c1-8-11(12(22-29-8)9-6-4-5-7-10(9)20)15(24)21-13-16(25)23-14(18(26)27)19(2,3)28-17(13)23/h4-7,13-14,17H,1-3H3,(H,21,24)(H,26,27). The van der Waals surface area contributed by atoms with Crippen molar-refractivity contribution >= 4 is 52.7 Å². The smallest absolute Gasteiger partial charge is 0.327 e. The van der Waals surface area contributed by atoms with E-state index in [1.807, 2.05) is 6.07 Å². The number of hydrogen-bond acceptors (Lipinski definition) is 6. The molecule has 0 saturated carbocycles. The molecule has 2 aromatic rings. The zero-order valence-corrected chi connectivity index (χ0v) is 18.2. The fraction of sp³-hybridized carbons (Fsp3) is 0.368. The second-order valence-corrected chi connectivity index (χ2v) is 10.6. The van der Waals surface area contributed by atoms with E-state index in [0.29, 0.717) is 26.7 Å². The second-order valence-electron chi connectivity index (χ2n) is 7.49. The normalized spacial score (nSPS) is 24.8. The van der Waals surface area contributed by atoms with E-state index in [1.54, 1.807) is 39.0 Å². The third kappa shape index (κ3) is 3.12. The Kier molecular flexibility index (Phi) is 4.87. The summed E-state index contributed by atoms with van der Waals surface area (Å²) >= 11 is 8.86. The number of benzene rings is 1. The van der Waals surface area contributed by atoms with Gasteiger partial charge in [0.25, 0.3) is 5.91 Å². The number of hydrogen-bond donors (Lipinski definition) is 2. The number of carboxylic acid groups (broad SMARTS) is 1. The Morgan fingerprint density at radius 1 is 1.31 bits per heavy atom. The summed E-state index contributed by atoms with van der Waals surface area (Å²) in [5, 5.41) is 12.4. The number of rotatable bonds is 4. The number of carbonyl (C=O) groups excluding carboxylic acids is 2. The molecule has 0 spiro atoms. The zero-order valence-electron chi connectivity index (χ0n) is 15.8. The van der Waals surface area contributed by atoms with Gasteiger partial charge < -0.3 is 15.3 Å². The van der Waals surface area contributed by atoms with Gasteiger partial charge in [0.1, 0.15) is 17.5 Å². The highest BCUT2D eigenvalue weighted by molar-refractivity contribution is 8.01. The number of carbonyl (C=O) groups is 3. The van der Waals surface area contributed by atoms with Gasteiger partial charge in [-0.05, 0) is 38.4 Å². The molecule has 3 atom stereocenters. The van der Waals surface area contributed by atoms with Crippen LogP contribution in [0.4, 0.5) is 0 Å². The Labute approximate surface area is 180 Å². The predicted octanol–water partition coefficient (Wildman–Crippen LogP) is 3.02. The monoisotopic (exact) mass is 451 g/mol. The minimum atomic E-state index is -1.04. The molecule has 2 amide bonds. The summed E-state index contributed by atoms with van der Waals surface area (Å²) in [5.74, 6) is -1.84. The fourth-order valence-electron chi connectivity index (χ4n) is 3.84. The average molecular weight is 452 g/mol. The lowest BCUT2D eigenvalue weighted by Crippen LogP contribution is -2.70. The van der Waals surface area contributed by atoms with Crippen molar-refractivity contribution in [3.63, 3.8) is 0 Å². The van der Waals surface area contributed by atoms with Gasteiger partial charge in [-0.3, -0.25) is 9.59 Å². The topological polar surface area (TPSA) is 99.6 Å². The maximum Gasteiger partial charge on any atom is 0.327 e. The number of nitrogens with one attached hydrogen (secondary N) is 1. The summed E-state index contributed by atoms with van der Waals surface area (Å²) in [7, 11) is 0. The Morgan fingerprint density at radius 2 is 2.00 bits per heavy atom. The molecule has 3 heterocycles. The van der Waals surface area contributed by atoms with Crippen LogP contribution in [-0.4, -0.2) is 54.4 Å². The van der Waals surface area contributed by atoms with Crippen molar-refractivity contribution in [2.24, 2.45) is 0 Å². The van der Waals surface area contributed by atoms with Gasteiger partial charge in [0.2, 0.25) is 5.91 Å². The van der Waals surface area contributed by atoms with Gasteiger partial charge >= 0.3 is 5.97 Å². The van der Waals surface area contributed by atoms with E-state index < -0.39 is 34.1 Å². The lowest BCUT2D eigenvalue weighted by molar-refractivity contribution is -0.159. The molecule has 29 heavy (non-hydrogen) atoms. The molecule has 0 radical (unpaired) electrons. The highest BCUT2D eigenvalue weighted by Crippen LogP contribution is 2.50. The highest BCUT2D eigenvalue weighted by atomic mass is 35.5. The molecule has 2 saturated heterocycles. The van der Waals surface area contributed by atoms with Crippen molar-refractivity contribution in [1.82, 2.24) is 14.6 Å². The molecule has 2 N–H and O–H groups in total. The molecule has 3 unspecified atom stereocenters. The van der Waals surface area contributed by atoms with Crippen LogP contribution < -0.4 is 5.32 Å². The zero-order chi connectivity index (χ0) is 21.1. The van der Waals surface area contributed by atoms with Gasteiger partial charge in [0, 0.05) is 15.2 Å². The van der Waals surface area contributed by atoms with Gasteiger partial charge in [-0.1, -0.05) is 29.8 Å². The quantitative estimate of drug-likeness (QED) is 0.693. The third-order valence-corrected chi connectivity index (χ3v) is 7.83. The maximum atomic E-state index is 13.1. The Balaban J connectivity index is 1.60. The van der Waals surface area contributed by atoms with Crippen molar-refractivity contribution in [1.29, 1.82) is 0 Å². The van der Waals surface area contributed by atoms with E-state index >= 15 is 0 Å². The van der Waals surface area contributed by atoms with Crippen LogP contribution in [-0.2, 0) is 9.59 Å². The average Bonchev–Trinajstić information content (AvgIpc) is 3.15. The summed E-state index contributed by atoms with van der Waals surface area (Å²) in [6, 6.07) is 5.44. The van der Waals surface area contributed by atoms with Gasteiger partial charge in [0.05, 0.1) is 16.3 Å². The van der Waals surface area contributed by atoms with Crippen molar-refractivity contribution in [2.45, 2.75) is 43.0 Å². The van der Waals surface area contributed by atoms with Gasteiger partial charge in [-0.25, -0.2) is 4.79 Å². The van der Waals surface area contributed by atoms with Crippen LogP contribution in [0.1, 0.15) is 29.1 Å². The number of halogens is 1. The van der Waals surface area contributed by atoms with Crippen LogP contribution in [0.2, 0.25) is 5.02 Å². The Hall–Kier alpha value is -2.10. The van der Waals surface area contributed by atoms with Crippen LogP contribution in [0.5, 0.6) is 0 Å². The molecule has 2 aliphatic heterocycles. The summed E-state index contributed by atoms with van der Waals surface area (Å²) in [4.78, 5) is 39.4. The largest absolute Gasteiger partial charge is 0.480 e.